The standard InChI is InChI=1S/C16H24FN3/c1-18-10-13-4-5-16(17)14(9-13)11-19-7-8-20-6-2-3-15(20)12-19/h4-5,9,15,18H,2-3,6-8,10-12H2,1H3. The predicted octanol–water partition coefficient (Wildman–Crippen LogP) is 1.83. The predicted molar refractivity (Wildman–Crippen MR) is 79.0 cm³/mol. The molecule has 110 valence electrons. The minimum absolute atomic E-state index is 0.0706. The highest BCUT2D eigenvalue weighted by atomic mass is 19.1. The summed E-state index contributed by atoms with van der Waals surface area (Å²) in [5, 5.41) is 3.12. The zero-order valence-corrected chi connectivity index (χ0v) is 12.2. The van der Waals surface area contributed by atoms with Crippen molar-refractivity contribution in [3.63, 3.8) is 0 Å². The number of hydrogen-bond acceptors (Lipinski definition) is 3. The molecule has 0 aliphatic carbocycles. The van der Waals surface area contributed by atoms with Crippen LogP contribution in [0, 0.1) is 5.82 Å². The van der Waals surface area contributed by atoms with Gasteiger partial charge in [0, 0.05) is 44.3 Å². The molecule has 0 saturated carbocycles. The molecule has 20 heavy (non-hydrogen) atoms. The third-order valence-electron chi connectivity index (χ3n) is 4.56. The fourth-order valence-electron chi connectivity index (χ4n) is 3.50. The Kier molecular flexibility index (Phi) is 4.34. The lowest BCUT2D eigenvalue weighted by Gasteiger charge is -2.37. The van der Waals surface area contributed by atoms with Gasteiger partial charge >= 0.3 is 0 Å². The zero-order chi connectivity index (χ0) is 13.9. The lowest BCUT2D eigenvalue weighted by atomic mass is 10.1. The summed E-state index contributed by atoms with van der Waals surface area (Å²) in [6.45, 7) is 6.09. The number of benzene rings is 1. The van der Waals surface area contributed by atoms with Gasteiger partial charge in [-0.3, -0.25) is 9.80 Å². The van der Waals surface area contributed by atoms with Gasteiger partial charge in [0.1, 0.15) is 5.82 Å². The van der Waals surface area contributed by atoms with Gasteiger partial charge in [-0.25, -0.2) is 4.39 Å². The van der Waals surface area contributed by atoms with E-state index >= 15 is 0 Å². The van der Waals surface area contributed by atoms with Crippen molar-refractivity contribution < 1.29 is 4.39 Å². The van der Waals surface area contributed by atoms with Crippen LogP contribution in [-0.2, 0) is 13.1 Å². The first-order valence-electron chi connectivity index (χ1n) is 7.64. The third-order valence-corrected chi connectivity index (χ3v) is 4.56. The molecule has 3 nitrogen and oxygen atoms in total. The van der Waals surface area contributed by atoms with Crippen molar-refractivity contribution in [3.8, 4) is 0 Å². The Morgan fingerprint density at radius 2 is 2.20 bits per heavy atom. The van der Waals surface area contributed by atoms with E-state index in [1.54, 1.807) is 6.07 Å². The summed E-state index contributed by atoms with van der Waals surface area (Å²) in [5.74, 6) is -0.0706. The van der Waals surface area contributed by atoms with Crippen LogP contribution in [0.4, 0.5) is 4.39 Å². The van der Waals surface area contributed by atoms with Crippen LogP contribution in [0.2, 0.25) is 0 Å². The van der Waals surface area contributed by atoms with Gasteiger partial charge in [0.05, 0.1) is 0 Å². The van der Waals surface area contributed by atoms with Crippen molar-refractivity contribution in [2.75, 3.05) is 33.2 Å². The Hall–Kier alpha value is -0.970. The van der Waals surface area contributed by atoms with E-state index in [4.69, 9.17) is 0 Å². The molecule has 1 aromatic rings. The smallest absolute Gasteiger partial charge is 0.127 e. The first-order valence-corrected chi connectivity index (χ1v) is 7.64. The largest absolute Gasteiger partial charge is 0.316 e. The molecule has 3 rings (SSSR count). The summed E-state index contributed by atoms with van der Waals surface area (Å²) in [5.41, 5.74) is 1.99. The minimum atomic E-state index is -0.0706. The number of hydrogen-bond donors (Lipinski definition) is 1. The number of nitrogens with zero attached hydrogens (tertiary/aromatic N) is 2. The van der Waals surface area contributed by atoms with Gasteiger partial charge in [-0.1, -0.05) is 12.1 Å². The van der Waals surface area contributed by atoms with Crippen LogP contribution in [0.5, 0.6) is 0 Å². The molecule has 0 amide bonds. The van der Waals surface area contributed by atoms with E-state index in [9.17, 15) is 4.39 Å². The van der Waals surface area contributed by atoms with Crippen LogP contribution in [0.15, 0.2) is 18.2 Å². The number of rotatable bonds is 4. The van der Waals surface area contributed by atoms with Crippen molar-refractivity contribution in [1.29, 1.82) is 0 Å². The summed E-state index contributed by atoms with van der Waals surface area (Å²) in [4.78, 5) is 5.00. The molecule has 2 fully saturated rings. The normalized spacial score (nSPS) is 24.0. The topological polar surface area (TPSA) is 18.5 Å². The molecule has 1 unspecified atom stereocenters. The molecule has 0 bridgehead atoms. The van der Waals surface area contributed by atoms with Crippen molar-refractivity contribution in [2.45, 2.75) is 32.0 Å². The number of fused-ring (bicyclic) bond motifs is 1. The second-order valence-electron chi connectivity index (χ2n) is 6.02. The van der Waals surface area contributed by atoms with E-state index in [0.717, 1.165) is 43.9 Å². The van der Waals surface area contributed by atoms with Crippen LogP contribution in [0.25, 0.3) is 0 Å². The van der Waals surface area contributed by atoms with Crippen molar-refractivity contribution in [2.24, 2.45) is 0 Å². The lowest BCUT2D eigenvalue weighted by molar-refractivity contribution is 0.0985. The molecule has 1 aromatic carbocycles. The monoisotopic (exact) mass is 277 g/mol. The van der Waals surface area contributed by atoms with E-state index in [2.05, 4.69) is 15.1 Å². The molecule has 4 heteroatoms. The van der Waals surface area contributed by atoms with Crippen LogP contribution in [0.3, 0.4) is 0 Å². The Balaban J connectivity index is 1.66. The van der Waals surface area contributed by atoms with Gasteiger partial charge in [0.25, 0.3) is 0 Å². The summed E-state index contributed by atoms with van der Waals surface area (Å²) < 4.78 is 14.0. The Morgan fingerprint density at radius 3 is 3.05 bits per heavy atom. The fraction of sp³-hybridized carbons (Fsp3) is 0.625. The molecule has 1 N–H and O–H groups in total. The van der Waals surface area contributed by atoms with Crippen molar-refractivity contribution in [3.05, 3.63) is 35.1 Å². The van der Waals surface area contributed by atoms with E-state index in [1.165, 1.54) is 19.4 Å². The summed E-state index contributed by atoms with van der Waals surface area (Å²) in [6.07, 6.45) is 2.63. The minimum Gasteiger partial charge on any atom is -0.316 e. The molecule has 2 aliphatic rings. The molecule has 0 aromatic heterocycles. The lowest BCUT2D eigenvalue weighted by Crippen LogP contribution is -2.49. The van der Waals surface area contributed by atoms with Gasteiger partial charge in [-0.15, -0.1) is 0 Å². The Morgan fingerprint density at radius 1 is 1.30 bits per heavy atom. The van der Waals surface area contributed by atoms with Gasteiger partial charge in [-0.2, -0.15) is 0 Å². The van der Waals surface area contributed by atoms with Gasteiger partial charge in [-0.05, 0) is 38.1 Å². The van der Waals surface area contributed by atoms with Gasteiger partial charge in [0.15, 0.2) is 0 Å². The van der Waals surface area contributed by atoms with Crippen LogP contribution >= 0.6 is 0 Å². The van der Waals surface area contributed by atoms with E-state index in [0.29, 0.717) is 6.04 Å². The average Bonchev–Trinajstić information content (AvgIpc) is 2.90. The maximum Gasteiger partial charge on any atom is 0.127 e. The molecular formula is C16H24FN3. The van der Waals surface area contributed by atoms with Crippen LogP contribution < -0.4 is 5.32 Å². The summed E-state index contributed by atoms with van der Waals surface area (Å²) in [7, 11) is 1.92. The average molecular weight is 277 g/mol. The number of nitrogens with one attached hydrogen (secondary N) is 1. The number of halogens is 1. The van der Waals surface area contributed by atoms with Crippen molar-refractivity contribution >= 4 is 0 Å². The first kappa shape index (κ1) is 14.0. The molecular weight excluding hydrogens is 253 g/mol. The summed E-state index contributed by atoms with van der Waals surface area (Å²) in [6, 6.07) is 6.18. The highest BCUT2D eigenvalue weighted by Gasteiger charge is 2.30. The Labute approximate surface area is 120 Å². The molecule has 2 heterocycles. The van der Waals surface area contributed by atoms with E-state index < -0.39 is 0 Å². The maximum atomic E-state index is 14.0. The van der Waals surface area contributed by atoms with Gasteiger partial charge < -0.3 is 5.32 Å². The molecule has 2 aliphatic heterocycles. The molecule has 0 spiro atoms. The van der Waals surface area contributed by atoms with E-state index in [-0.39, 0.29) is 5.82 Å². The summed E-state index contributed by atoms with van der Waals surface area (Å²) >= 11 is 0. The highest BCUT2D eigenvalue weighted by Crippen LogP contribution is 2.23. The third kappa shape index (κ3) is 3.03. The molecule has 2 saturated heterocycles. The molecule has 0 radical (unpaired) electrons. The second-order valence-corrected chi connectivity index (χ2v) is 6.02. The highest BCUT2D eigenvalue weighted by molar-refractivity contribution is 5.25. The second kappa shape index (κ2) is 6.20. The van der Waals surface area contributed by atoms with Crippen molar-refractivity contribution in [1.82, 2.24) is 15.1 Å². The van der Waals surface area contributed by atoms with Crippen LogP contribution in [-0.4, -0.2) is 49.1 Å². The van der Waals surface area contributed by atoms with E-state index in [1.807, 2.05) is 19.2 Å². The zero-order valence-electron chi connectivity index (χ0n) is 12.2. The maximum absolute atomic E-state index is 14.0. The Bertz CT molecular complexity index is 463. The quantitative estimate of drug-likeness (QED) is 0.906. The number of piperazine rings is 1. The first-order chi connectivity index (χ1) is 9.76. The molecule has 1 atom stereocenters. The SMILES string of the molecule is CNCc1ccc(F)c(CN2CCN3CCCC3C2)c1. The fourth-order valence-corrected chi connectivity index (χ4v) is 3.50. The van der Waals surface area contributed by atoms with Crippen LogP contribution in [0.1, 0.15) is 24.0 Å². The van der Waals surface area contributed by atoms with Gasteiger partial charge in [0.2, 0.25) is 0 Å².